The number of aromatic nitrogens is 2. The smallest absolute Gasteiger partial charge is 0.241 e. The van der Waals surface area contributed by atoms with Crippen LogP contribution in [-0.2, 0) is 6.42 Å². The van der Waals surface area contributed by atoms with Gasteiger partial charge in [0.25, 0.3) is 0 Å². The normalized spacial score (nSPS) is 10.0. The predicted molar refractivity (Wildman–Crippen MR) is 46.1 cm³/mol. The predicted octanol–water partition coefficient (Wildman–Crippen LogP) is 1.70. The van der Waals surface area contributed by atoms with Crippen LogP contribution in [0.2, 0.25) is 0 Å². The Bertz CT molecular complexity index is 478. The molecule has 2 rings (SSSR count). The molecule has 0 bridgehead atoms. The van der Waals surface area contributed by atoms with Crippen molar-refractivity contribution in [3.63, 3.8) is 0 Å². The molecule has 5 heteroatoms. The second kappa shape index (κ2) is 3.34. The van der Waals surface area contributed by atoms with Crippen molar-refractivity contribution in [2.45, 2.75) is 13.3 Å². The van der Waals surface area contributed by atoms with Gasteiger partial charge in [-0.05, 0) is 13.0 Å². The van der Waals surface area contributed by atoms with Gasteiger partial charge in [-0.1, -0.05) is 5.16 Å². The molecule has 5 nitrogen and oxygen atoms in total. The summed E-state index contributed by atoms with van der Waals surface area (Å²) in [6.45, 7) is 1.82. The number of nitrogens with zero attached hydrogens (tertiary/aromatic N) is 3. The molecular weight excluding hydrogens is 182 g/mol. The Morgan fingerprint density at radius 3 is 3.07 bits per heavy atom. The van der Waals surface area contributed by atoms with Crippen molar-refractivity contribution < 1.29 is 8.94 Å². The van der Waals surface area contributed by atoms with Gasteiger partial charge >= 0.3 is 0 Å². The van der Waals surface area contributed by atoms with E-state index < -0.39 is 0 Å². The fourth-order valence-corrected chi connectivity index (χ4v) is 1.12. The molecule has 0 radical (unpaired) electrons. The van der Waals surface area contributed by atoms with E-state index in [0.717, 1.165) is 11.3 Å². The minimum absolute atomic E-state index is 0.129. The SMILES string of the molecule is Cc1occc1-c1noc(CC#N)n1. The van der Waals surface area contributed by atoms with Crippen LogP contribution >= 0.6 is 0 Å². The van der Waals surface area contributed by atoms with Crippen molar-refractivity contribution in [1.29, 1.82) is 5.26 Å². The van der Waals surface area contributed by atoms with Crippen LogP contribution in [0.3, 0.4) is 0 Å². The van der Waals surface area contributed by atoms with Crippen LogP contribution in [0.4, 0.5) is 0 Å². The molecule has 0 atom stereocenters. The molecule has 0 saturated heterocycles. The van der Waals surface area contributed by atoms with Gasteiger partial charge in [-0.25, -0.2) is 0 Å². The first-order chi connectivity index (χ1) is 6.81. The molecule has 0 unspecified atom stereocenters. The van der Waals surface area contributed by atoms with Crippen LogP contribution in [0, 0.1) is 18.3 Å². The van der Waals surface area contributed by atoms with E-state index in [-0.39, 0.29) is 6.42 Å². The van der Waals surface area contributed by atoms with Crippen molar-refractivity contribution in [1.82, 2.24) is 10.1 Å². The molecule has 70 valence electrons. The van der Waals surface area contributed by atoms with Crippen LogP contribution in [0.1, 0.15) is 11.7 Å². The van der Waals surface area contributed by atoms with E-state index in [1.54, 1.807) is 12.3 Å². The van der Waals surface area contributed by atoms with Crippen molar-refractivity contribution in [3.05, 3.63) is 24.0 Å². The standard InChI is InChI=1S/C9H7N3O2/c1-6-7(3-5-13-6)9-11-8(2-4-10)14-12-9/h3,5H,2H2,1H3. The zero-order chi connectivity index (χ0) is 9.97. The average Bonchev–Trinajstić information content (AvgIpc) is 2.74. The Kier molecular flexibility index (Phi) is 2.03. The van der Waals surface area contributed by atoms with Gasteiger partial charge in [0.15, 0.2) is 0 Å². The summed E-state index contributed by atoms with van der Waals surface area (Å²) in [7, 11) is 0. The molecule has 0 amide bonds. The van der Waals surface area contributed by atoms with Gasteiger partial charge in [-0.2, -0.15) is 10.2 Å². The molecule has 2 heterocycles. The number of hydrogen-bond donors (Lipinski definition) is 0. The maximum absolute atomic E-state index is 8.42. The third kappa shape index (κ3) is 1.38. The molecule has 2 aromatic heterocycles. The second-order valence-corrected chi connectivity index (χ2v) is 2.74. The van der Waals surface area contributed by atoms with E-state index in [0.29, 0.717) is 11.7 Å². The zero-order valence-electron chi connectivity index (χ0n) is 7.52. The van der Waals surface area contributed by atoms with Crippen LogP contribution < -0.4 is 0 Å². The van der Waals surface area contributed by atoms with Gasteiger partial charge in [0.2, 0.25) is 11.7 Å². The molecule has 0 aliphatic rings. The van der Waals surface area contributed by atoms with Crippen LogP contribution in [0.15, 0.2) is 21.3 Å². The summed E-state index contributed by atoms with van der Waals surface area (Å²) in [6, 6.07) is 3.70. The van der Waals surface area contributed by atoms with Gasteiger partial charge in [0.05, 0.1) is 17.9 Å². The number of nitriles is 1. The van der Waals surface area contributed by atoms with Crippen molar-refractivity contribution in [3.8, 4) is 17.5 Å². The number of hydrogen-bond acceptors (Lipinski definition) is 5. The summed E-state index contributed by atoms with van der Waals surface area (Å²) in [6.07, 6.45) is 1.69. The van der Waals surface area contributed by atoms with Gasteiger partial charge in [0.1, 0.15) is 12.2 Å². The summed E-state index contributed by atoms with van der Waals surface area (Å²) in [5.41, 5.74) is 0.790. The number of furan rings is 1. The lowest BCUT2D eigenvalue weighted by Crippen LogP contribution is -1.82. The number of aryl methyl sites for hydroxylation is 1. The molecule has 0 fully saturated rings. The second-order valence-electron chi connectivity index (χ2n) is 2.74. The number of rotatable bonds is 2. The molecule has 0 spiro atoms. The topological polar surface area (TPSA) is 75.8 Å². The summed E-state index contributed by atoms with van der Waals surface area (Å²) >= 11 is 0. The quantitative estimate of drug-likeness (QED) is 0.718. The molecule has 14 heavy (non-hydrogen) atoms. The van der Waals surface area contributed by atoms with E-state index in [1.807, 2.05) is 13.0 Å². The Hall–Kier alpha value is -2.09. The Labute approximate surface area is 80.0 Å². The first-order valence-corrected chi connectivity index (χ1v) is 4.05. The molecular formula is C9H7N3O2. The van der Waals surface area contributed by atoms with Gasteiger partial charge in [-0.15, -0.1) is 0 Å². The van der Waals surface area contributed by atoms with E-state index in [9.17, 15) is 0 Å². The summed E-state index contributed by atoms with van der Waals surface area (Å²) in [4.78, 5) is 4.04. The Balaban J connectivity index is 2.35. The van der Waals surface area contributed by atoms with E-state index in [4.69, 9.17) is 14.2 Å². The minimum Gasteiger partial charge on any atom is -0.469 e. The molecule has 2 aromatic rings. The molecule has 0 aromatic carbocycles. The first-order valence-electron chi connectivity index (χ1n) is 4.05. The van der Waals surface area contributed by atoms with Crippen molar-refractivity contribution >= 4 is 0 Å². The lowest BCUT2D eigenvalue weighted by molar-refractivity contribution is 0.387. The monoisotopic (exact) mass is 189 g/mol. The van der Waals surface area contributed by atoms with Crippen molar-refractivity contribution in [2.24, 2.45) is 0 Å². The van der Waals surface area contributed by atoms with Gasteiger partial charge in [0, 0.05) is 0 Å². The molecule has 0 saturated carbocycles. The summed E-state index contributed by atoms with van der Waals surface area (Å²) in [5.74, 6) is 1.51. The highest BCUT2D eigenvalue weighted by atomic mass is 16.5. The lowest BCUT2D eigenvalue weighted by atomic mass is 10.2. The lowest BCUT2D eigenvalue weighted by Gasteiger charge is -1.86. The average molecular weight is 189 g/mol. The van der Waals surface area contributed by atoms with E-state index in [2.05, 4.69) is 10.1 Å². The van der Waals surface area contributed by atoms with Gasteiger partial charge in [-0.3, -0.25) is 0 Å². The highest BCUT2D eigenvalue weighted by molar-refractivity contribution is 5.56. The van der Waals surface area contributed by atoms with Crippen LogP contribution in [0.25, 0.3) is 11.4 Å². The van der Waals surface area contributed by atoms with Crippen LogP contribution in [0.5, 0.6) is 0 Å². The maximum atomic E-state index is 8.42. The largest absolute Gasteiger partial charge is 0.469 e. The Morgan fingerprint density at radius 1 is 1.57 bits per heavy atom. The summed E-state index contributed by atoms with van der Waals surface area (Å²) < 4.78 is 9.96. The highest BCUT2D eigenvalue weighted by Crippen LogP contribution is 2.20. The van der Waals surface area contributed by atoms with E-state index in [1.165, 1.54) is 0 Å². The van der Waals surface area contributed by atoms with Crippen LogP contribution in [-0.4, -0.2) is 10.1 Å². The molecule has 0 aliphatic heterocycles. The fraction of sp³-hybridized carbons (Fsp3) is 0.222. The maximum Gasteiger partial charge on any atom is 0.241 e. The third-order valence-electron chi connectivity index (χ3n) is 1.80. The van der Waals surface area contributed by atoms with Gasteiger partial charge < -0.3 is 8.94 Å². The minimum atomic E-state index is 0.129. The molecule has 0 N–H and O–H groups in total. The first kappa shape index (κ1) is 8.51. The fourth-order valence-electron chi connectivity index (χ4n) is 1.12. The Morgan fingerprint density at radius 2 is 2.43 bits per heavy atom. The van der Waals surface area contributed by atoms with Crippen molar-refractivity contribution in [2.75, 3.05) is 0 Å². The highest BCUT2D eigenvalue weighted by Gasteiger charge is 2.11. The molecule has 0 aliphatic carbocycles. The summed E-state index contributed by atoms with van der Waals surface area (Å²) in [5, 5.41) is 12.2. The van der Waals surface area contributed by atoms with E-state index >= 15 is 0 Å². The zero-order valence-corrected chi connectivity index (χ0v) is 7.52. The third-order valence-corrected chi connectivity index (χ3v) is 1.80.